The van der Waals surface area contributed by atoms with Crippen LogP contribution < -0.4 is 10.2 Å². The van der Waals surface area contributed by atoms with E-state index in [4.69, 9.17) is 23.2 Å². The molecule has 0 amide bonds. The Bertz CT molecular complexity index is 576. The van der Waals surface area contributed by atoms with E-state index in [2.05, 4.69) is 20.4 Å². The molecule has 3 rings (SSSR count). The van der Waals surface area contributed by atoms with Crippen LogP contribution in [0.2, 0.25) is 10.0 Å². The van der Waals surface area contributed by atoms with Gasteiger partial charge in [0.1, 0.15) is 0 Å². The molecule has 0 spiro atoms. The van der Waals surface area contributed by atoms with Crippen LogP contribution in [0.25, 0.3) is 11.3 Å². The van der Waals surface area contributed by atoms with Crippen LogP contribution in [0.3, 0.4) is 0 Å². The molecule has 1 aliphatic heterocycles. The third-order valence-electron chi connectivity index (χ3n) is 3.25. The third-order valence-corrected chi connectivity index (χ3v) is 4.07. The first-order chi connectivity index (χ1) is 9.25. The second-order valence-corrected chi connectivity index (χ2v) is 5.26. The molecule has 1 aromatic carbocycles. The van der Waals surface area contributed by atoms with Crippen molar-refractivity contribution in [2.24, 2.45) is 0 Å². The fourth-order valence-electron chi connectivity index (χ4n) is 2.22. The molecule has 0 unspecified atom stereocenters. The van der Waals surface area contributed by atoms with E-state index < -0.39 is 0 Å². The summed E-state index contributed by atoms with van der Waals surface area (Å²) >= 11 is 12.3. The van der Waals surface area contributed by atoms with E-state index in [1.807, 2.05) is 18.2 Å². The number of hydrogen-bond acceptors (Lipinski definition) is 3. The fraction of sp³-hybridized carbons (Fsp3) is 0.308. The summed E-state index contributed by atoms with van der Waals surface area (Å²) in [7, 11) is 0. The predicted octanol–water partition coefficient (Wildman–Crippen LogP) is 2.79. The SMILES string of the molecule is Clc1cccc(-c2cc(N3CCNCC3)n[nH]2)c1Cl. The van der Waals surface area contributed by atoms with Gasteiger partial charge in [-0.15, -0.1) is 0 Å². The van der Waals surface area contributed by atoms with E-state index >= 15 is 0 Å². The van der Waals surface area contributed by atoms with Gasteiger partial charge in [-0.3, -0.25) is 5.10 Å². The summed E-state index contributed by atoms with van der Waals surface area (Å²) in [5.74, 6) is 0.951. The van der Waals surface area contributed by atoms with E-state index in [0.717, 1.165) is 43.3 Å². The summed E-state index contributed by atoms with van der Waals surface area (Å²) in [6, 6.07) is 7.61. The molecule has 100 valence electrons. The standard InChI is InChI=1S/C13H14Cl2N4/c14-10-3-1-2-9(13(10)15)11-8-12(18-17-11)19-6-4-16-5-7-19/h1-3,8,16H,4-7H2,(H,17,18). The fourth-order valence-corrected chi connectivity index (χ4v) is 2.62. The second-order valence-electron chi connectivity index (χ2n) is 4.48. The van der Waals surface area contributed by atoms with E-state index in [1.165, 1.54) is 0 Å². The molecule has 19 heavy (non-hydrogen) atoms. The number of rotatable bonds is 2. The molecular formula is C13H14Cl2N4. The number of aromatic amines is 1. The molecule has 0 saturated carbocycles. The molecule has 0 atom stereocenters. The minimum atomic E-state index is 0.553. The van der Waals surface area contributed by atoms with Gasteiger partial charge in [0.05, 0.1) is 15.7 Å². The van der Waals surface area contributed by atoms with E-state index in [1.54, 1.807) is 6.07 Å². The Hall–Kier alpha value is -1.23. The lowest BCUT2D eigenvalue weighted by Crippen LogP contribution is -2.43. The van der Waals surface area contributed by atoms with Crippen LogP contribution in [0.15, 0.2) is 24.3 Å². The molecule has 4 nitrogen and oxygen atoms in total. The normalized spacial score (nSPS) is 15.8. The number of benzene rings is 1. The van der Waals surface area contributed by atoms with E-state index in [0.29, 0.717) is 10.0 Å². The van der Waals surface area contributed by atoms with Crippen LogP contribution >= 0.6 is 23.2 Å². The number of nitrogens with one attached hydrogen (secondary N) is 2. The van der Waals surface area contributed by atoms with Gasteiger partial charge < -0.3 is 10.2 Å². The molecule has 0 radical (unpaired) electrons. The molecule has 2 heterocycles. The molecule has 0 aliphatic carbocycles. The van der Waals surface area contributed by atoms with Crippen molar-refractivity contribution >= 4 is 29.0 Å². The van der Waals surface area contributed by atoms with E-state index in [-0.39, 0.29) is 0 Å². The topological polar surface area (TPSA) is 44.0 Å². The molecule has 1 saturated heterocycles. The van der Waals surface area contributed by atoms with Crippen molar-refractivity contribution in [3.63, 3.8) is 0 Å². The molecule has 0 bridgehead atoms. The number of aromatic nitrogens is 2. The van der Waals surface area contributed by atoms with Crippen LogP contribution in [-0.2, 0) is 0 Å². The van der Waals surface area contributed by atoms with Gasteiger partial charge in [-0.05, 0) is 6.07 Å². The Balaban J connectivity index is 1.90. The quantitative estimate of drug-likeness (QED) is 0.896. The monoisotopic (exact) mass is 296 g/mol. The Morgan fingerprint density at radius 3 is 2.74 bits per heavy atom. The van der Waals surface area contributed by atoms with E-state index in [9.17, 15) is 0 Å². The maximum absolute atomic E-state index is 6.22. The average molecular weight is 297 g/mol. The largest absolute Gasteiger partial charge is 0.353 e. The van der Waals surface area contributed by atoms with Crippen molar-refractivity contribution < 1.29 is 0 Å². The van der Waals surface area contributed by atoms with Gasteiger partial charge in [-0.25, -0.2) is 0 Å². The van der Waals surface area contributed by atoms with Gasteiger partial charge in [0, 0.05) is 37.8 Å². The van der Waals surface area contributed by atoms with Gasteiger partial charge in [-0.1, -0.05) is 35.3 Å². The Morgan fingerprint density at radius 2 is 1.95 bits per heavy atom. The highest BCUT2D eigenvalue weighted by Crippen LogP contribution is 2.33. The zero-order chi connectivity index (χ0) is 13.2. The molecule has 1 aliphatic rings. The first-order valence-corrected chi connectivity index (χ1v) is 6.97. The molecule has 2 aromatic rings. The summed E-state index contributed by atoms with van der Waals surface area (Å²) in [6.45, 7) is 3.90. The third kappa shape index (κ3) is 2.56. The lowest BCUT2D eigenvalue weighted by molar-refractivity contribution is 0.584. The Labute approximate surface area is 121 Å². The summed E-state index contributed by atoms with van der Waals surface area (Å²) in [5, 5.41) is 11.8. The summed E-state index contributed by atoms with van der Waals surface area (Å²) < 4.78 is 0. The maximum atomic E-state index is 6.22. The van der Waals surface area contributed by atoms with Crippen LogP contribution in [0.4, 0.5) is 5.82 Å². The average Bonchev–Trinajstić information content (AvgIpc) is 2.92. The molecule has 6 heteroatoms. The van der Waals surface area contributed by atoms with Crippen molar-refractivity contribution in [3.8, 4) is 11.3 Å². The Kier molecular flexibility index (Phi) is 3.64. The minimum absolute atomic E-state index is 0.553. The van der Waals surface area contributed by atoms with Gasteiger partial charge in [-0.2, -0.15) is 5.10 Å². The molecular weight excluding hydrogens is 283 g/mol. The summed E-state index contributed by atoms with van der Waals surface area (Å²) in [6.07, 6.45) is 0. The van der Waals surface area contributed by atoms with Gasteiger partial charge in [0.15, 0.2) is 5.82 Å². The van der Waals surface area contributed by atoms with Crippen molar-refractivity contribution in [1.29, 1.82) is 0 Å². The minimum Gasteiger partial charge on any atom is -0.353 e. The predicted molar refractivity (Wildman–Crippen MR) is 79.1 cm³/mol. The Morgan fingerprint density at radius 1 is 1.16 bits per heavy atom. The highest BCUT2D eigenvalue weighted by Gasteiger charge is 2.15. The van der Waals surface area contributed by atoms with Crippen LogP contribution in [0.5, 0.6) is 0 Å². The lowest BCUT2D eigenvalue weighted by Gasteiger charge is -2.26. The smallest absolute Gasteiger partial charge is 0.151 e. The number of piperazine rings is 1. The van der Waals surface area contributed by atoms with Crippen molar-refractivity contribution in [1.82, 2.24) is 15.5 Å². The highest BCUT2D eigenvalue weighted by atomic mass is 35.5. The highest BCUT2D eigenvalue weighted by molar-refractivity contribution is 6.43. The number of nitrogens with zero attached hydrogens (tertiary/aromatic N) is 2. The van der Waals surface area contributed by atoms with Crippen molar-refractivity contribution in [2.45, 2.75) is 0 Å². The van der Waals surface area contributed by atoms with Gasteiger partial charge in [0.25, 0.3) is 0 Å². The zero-order valence-electron chi connectivity index (χ0n) is 10.3. The van der Waals surface area contributed by atoms with Crippen molar-refractivity contribution in [3.05, 3.63) is 34.3 Å². The number of hydrogen-bond donors (Lipinski definition) is 2. The maximum Gasteiger partial charge on any atom is 0.151 e. The van der Waals surface area contributed by atoms with Crippen LogP contribution in [0.1, 0.15) is 0 Å². The van der Waals surface area contributed by atoms with Crippen LogP contribution in [0, 0.1) is 0 Å². The first kappa shape index (κ1) is 12.8. The molecule has 2 N–H and O–H groups in total. The molecule has 1 fully saturated rings. The zero-order valence-corrected chi connectivity index (χ0v) is 11.8. The van der Waals surface area contributed by atoms with Gasteiger partial charge >= 0.3 is 0 Å². The summed E-state index contributed by atoms with van der Waals surface area (Å²) in [4.78, 5) is 2.24. The van der Waals surface area contributed by atoms with Gasteiger partial charge in [0.2, 0.25) is 0 Å². The van der Waals surface area contributed by atoms with Crippen LogP contribution in [-0.4, -0.2) is 36.4 Å². The number of anilines is 1. The number of H-pyrrole nitrogens is 1. The van der Waals surface area contributed by atoms with Crippen molar-refractivity contribution in [2.75, 3.05) is 31.1 Å². The number of halogens is 2. The molecule has 1 aromatic heterocycles. The lowest BCUT2D eigenvalue weighted by atomic mass is 10.1. The first-order valence-electron chi connectivity index (χ1n) is 6.21. The second kappa shape index (κ2) is 5.41. The summed E-state index contributed by atoms with van der Waals surface area (Å²) in [5.41, 5.74) is 1.77.